The molecular weight excluding hydrogens is 372 g/mol. The summed E-state index contributed by atoms with van der Waals surface area (Å²) in [4.78, 5) is 34.8. The van der Waals surface area contributed by atoms with Crippen molar-refractivity contribution in [3.63, 3.8) is 0 Å². The Bertz CT molecular complexity index is 967. The van der Waals surface area contributed by atoms with Gasteiger partial charge in [0.25, 0.3) is 11.5 Å². The predicted molar refractivity (Wildman–Crippen MR) is 111 cm³/mol. The van der Waals surface area contributed by atoms with Crippen molar-refractivity contribution in [1.82, 2.24) is 19.8 Å². The average Bonchev–Trinajstić information content (AvgIpc) is 3.50. The average molecular weight is 401 g/mol. The second-order valence-electron chi connectivity index (χ2n) is 8.55. The minimum atomic E-state index is -0.0371. The van der Waals surface area contributed by atoms with Crippen molar-refractivity contribution in [2.75, 3.05) is 13.1 Å². The summed E-state index contributed by atoms with van der Waals surface area (Å²) in [5.74, 6) is 0.848. The van der Waals surface area contributed by atoms with E-state index in [1.165, 1.54) is 24.2 Å². The van der Waals surface area contributed by atoms with Gasteiger partial charge in [0, 0.05) is 38.1 Å². The number of fused-ring (bicyclic) bond motifs is 2. The van der Waals surface area contributed by atoms with Crippen LogP contribution >= 0.6 is 11.3 Å². The Kier molecular flexibility index (Phi) is 4.75. The Balaban J connectivity index is 1.38. The molecule has 7 heteroatoms. The minimum Gasteiger partial charge on any atom is -0.349 e. The number of amides is 1. The molecule has 2 aromatic heterocycles. The summed E-state index contributed by atoms with van der Waals surface area (Å²) >= 11 is 1.38. The number of carbonyl (C=O) groups is 1. The van der Waals surface area contributed by atoms with Crippen LogP contribution in [0.4, 0.5) is 0 Å². The Morgan fingerprint density at radius 1 is 1.11 bits per heavy atom. The van der Waals surface area contributed by atoms with Crippen LogP contribution in [-0.2, 0) is 13.0 Å². The highest BCUT2D eigenvalue weighted by Gasteiger charge is 2.32. The molecule has 0 radical (unpaired) electrons. The second kappa shape index (κ2) is 7.26. The smallest absolute Gasteiger partial charge is 0.262 e. The topological polar surface area (TPSA) is 67.2 Å². The van der Waals surface area contributed by atoms with Gasteiger partial charge in [-0.2, -0.15) is 0 Å². The number of carbonyl (C=O) groups excluding carboxylic acids is 1. The van der Waals surface area contributed by atoms with Crippen LogP contribution in [0, 0.1) is 6.92 Å². The van der Waals surface area contributed by atoms with Crippen LogP contribution in [0.25, 0.3) is 10.2 Å². The van der Waals surface area contributed by atoms with Gasteiger partial charge in [-0.25, -0.2) is 4.98 Å². The number of nitrogens with zero attached hydrogens (tertiary/aromatic N) is 3. The van der Waals surface area contributed by atoms with Gasteiger partial charge in [0.2, 0.25) is 0 Å². The number of rotatable bonds is 3. The maximum absolute atomic E-state index is 13.1. The molecule has 1 saturated heterocycles. The van der Waals surface area contributed by atoms with Crippen molar-refractivity contribution >= 4 is 27.5 Å². The quantitative estimate of drug-likeness (QED) is 0.860. The molecule has 1 amide bonds. The Morgan fingerprint density at radius 3 is 2.64 bits per heavy atom. The zero-order valence-corrected chi connectivity index (χ0v) is 17.3. The van der Waals surface area contributed by atoms with Crippen LogP contribution < -0.4 is 10.9 Å². The lowest BCUT2D eigenvalue weighted by molar-refractivity contribution is 0.0913. The first-order chi connectivity index (χ1) is 13.6. The maximum atomic E-state index is 13.1. The van der Waals surface area contributed by atoms with Crippen molar-refractivity contribution in [2.24, 2.45) is 0 Å². The number of hydrogen-bond acceptors (Lipinski definition) is 5. The lowest BCUT2D eigenvalue weighted by Gasteiger charge is -2.32. The molecule has 150 valence electrons. The molecule has 28 heavy (non-hydrogen) atoms. The molecule has 0 bridgehead atoms. The van der Waals surface area contributed by atoms with Gasteiger partial charge in [-0.1, -0.05) is 6.42 Å². The predicted octanol–water partition coefficient (Wildman–Crippen LogP) is 2.85. The second-order valence-corrected chi connectivity index (χ2v) is 9.55. The highest BCUT2D eigenvalue weighted by atomic mass is 32.1. The van der Waals surface area contributed by atoms with Crippen LogP contribution in [0.2, 0.25) is 0 Å². The van der Waals surface area contributed by atoms with Gasteiger partial charge < -0.3 is 10.2 Å². The molecule has 1 N–H and O–H groups in total. The first-order valence-electron chi connectivity index (χ1n) is 10.7. The van der Waals surface area contributed by atoms with Crippen molar-refractivity contribution in [1.29, 1.82) is 0 Å². The summed E-state index contributed by atoms with van der Waals surface area (Å²) in [6.07, 6.45) is 8.80. The summed E-state index contributed by atoms with van der Waals surface area (Å²) < 4.78 is 1.84. The lowest BCUT2D eigenvalue weighted by atomic mass is 10.0. The van der Waals surface area contributed by atoms with Gasteiger partial charge in [-0.05, 0) is 51.0 Å². The number of nitrogens with one attached hydrogen (secondary N) is 1. The monoisotopic (exact) mass is 400 g/mol. The molecule has 2 fully saturated rings. The van der Waals surface area contributed by atoms with E-state index in [0.29, 0.717) is 10.3 Å². The highest BCUT2D eigenvalue weighted by molar-refractivity contribution is 7.20. The molecule has 0 unspecified atom stereocenters. The Morgan fingerprint density at radius 2 is 1.89 bits per heavy atom. The number of aromatic nitrogens is 2. The third-order valence-corrected chi connectivity index (χ3v) is 7.73. The molecule has 0 spiro atoms. The Hall–Kier alpha value is -1.73. The number of piperidine rings is 1. The molecule has 1 saturated carbocycles. The summed E-state index contributed by atoms with van der Waals surface area (Å²) in [5, 5.41) is 3.87. The molecule has 3 aliphatic rings. The molecule has 1 aliphatic carbocycles. The third-order valence-electron chi connectivity index (χ3n) is 6.55. The van der Waals surface area contributed by atoms with Gasteiger partial charge in [-0.3, -0.25) is 14.2 Å². The summed E-state index contributed by atoms with van der Waals surface area (Å²) in [6, 6.07) is 1.04. The largest absolute Gasteiger partial charge is 0.349 e. The normalized spacial score (nSPS) is 21.5. The fourth-order valence-corrected chi connectivity index (χ4v) is 5.82. The molecule has 0 atom stereocenters. The van der Waals surface area contributed by atoms with E-state index in [-0.39, 0.29) is 17.5 Å². The molecule has 0 aromatic carbocycles. The third kappa shape index (κ3) is 3.28. The Labute approximate surface area is 168 Å². The molecule has 5 rings (SSSR count). The van der Waals surface area contributed by atoms with Gasteiger partial charge >= 0.3 is 0 Å². The fraction of sp³-hybridized carbons (Fsp3) is 0.667. The van der Waals surface area contributed by atoms with Gasteiger partial charge in [0.05, 0.1) is 10.3 Å². The summed E-state index contributed by atoms with van der Waals surface area (Å²) in [7, 11) is 0. The van der Waals surface area contributed by atoms with E-state index in [1.54, 1.807) is 0 Å². The molecule has 6 nitrogen and oxygen atoms in total. The van der Waals surface area contributed by atoms with E-state index in [1.807, 2.05) is 11.5 Å². The van der Waals surface area contributed by atoms with Crippen molar-refractivity contribution in [2.45, 2.75) is 76.9 Å². The van der Waals surface area contributed by atoms with Crippen LogP contribution in [0.5, 0.6) is 0 Å². The number of hydrogen-bond donors (Lipinski definition) is 1. The van der Waals surface area contributed by atoms with Crippen LogP contribution in [-0.4, -0.2) is 45.5 Å². The standard InChI is InChI=1S/C21H28N4O2S/c1-13-17-20(23-16-5-3-2-4-10-25(16)21(17)27)28-18(13)19(26)22-14-8-11-24(12-9-14)15-6-7-15/h14-15H,2-12H2,1H3,(H,22,26). The minimum absolute atomic E-state index is 0.0347. The van der Waals surface area contributed by atoms with Gasteiger partial charge in [-0.15, -0.1) is 11.3 Å². The molecule has 2 aliphatic heterocycles. The zero-order chi connectivity index (χ0) is 19.3. The lowest BCUT2D eigenvalue weighted by Crippen LogP contribution is -2.45. The first-order valence-corrected chi connectivity index (χ1v) is 11.5. The van der Waals surface area contributed by atoms with E-state index in [2.05, 4.69) is 10.2 Å². The first kappa shape index (κ1) is 18.3. The van der Waals surface area contributed by atoms with Crippen molar-refractivity contribution in [3.8, 4) is 0 Å². The van der Waals surface area contributed by atoms with Crippen LogP contribution in [0.15, 0.2) is 4.79 Å². The number of thiophene rings is 1. The maximum Gasteiger partial charge on any atom is 0.262 e. The van der Waals surface area contributed by atoms with E-state index < -0.39 is 0 Å². The van der Waals surface area contributed by atoms with Gasteiger partial charge in [0.1, 0.15) is 10.7 Å². The number of aryl methyl sites for hydroxylation is 2. The molecule has 2 aromatic rings. The fourth-order valence-electron chi connectivity index (χ4n) is 4.73. The summed E-state index contributed by atoms with van der Waals surface area (Å²) in [6.45, 7) is 4.80. The van der Waals surface area contributed by atoms with Crippen molar-refractivity contribution in [3.05, 3.63) is 26.6 Å². The molecule has 4 heterocycles. The van der Waals surface area contributed by atoms with E-state index >= 15 is 0 Å². The van der Waals surface area contributed by atoms with Gasteiger partial charge in [0.15, 0.2) is 0 Å². The van der Waals surface area contributed by atoms with E-state index in [9.17, 15) is 9.59 Å². The van der Waals surface area contributed by atoms with Crippen molar-refractivity contribution < 1.29 is 4.79 Å². The number of likely N-dealkylation sites (tertiary alicyclic amines) is 1. The highest BCUT2D eigenvalue weighted by Crippen LogP contribution is 2.31. The van der Waals surface area contributed by atoms with E-state index in [4.69, 9.17) is 4.98 Å². The van der Waals surface area contributed by atoms with E-state index in [0.717, 1.165) is 80.4 Å². The SMILES string of the molecule is Cc1c(C(=O)NC2CCN(C3CC3)CC2)sc2nc3n(c(=O)c12)CCCCC3. The molecular formula is C21H28N4O2S. The van der Waals surface area contributed by atoms with Crippen LogP contribution in [0.3, 0.4) is 0 Å². The zero-order valence-electron chi connectivity index (χ0n) is 16.5. The van der Waals surface area contributed by atoms with Crippen LogP contribution in [0.1, 0.15) is 66.0 Å². The summed E-state index contributed by atoms with van der Waals surface area (Å²) in [5.41, 5.74) is 0.831.